The minimum atomic E-state index is -0.132. The van der Waals surface area contributed by atoms with Gasteiger partial charge in [0, 0.05) is 5.69 Å². The number of esters is 1. The van der Waals surface area contributed by atoms with Crippen molar-refractivity contribution >= 4 is 5.97 Å². The molecule has 6 heteroatoms. The average molecular weight is 289 g/mol. The highest BCUT2D eigenvalue weighted by molar-refractivity contribution is 5.73. The Morgan fingerprint density at radius 3 is 3.00 bits per heavy atom. The maximum Gasteiger partial charge on any atom is 0.309 e. The number of carbonyl (C=O) groups excluding carboxylic acids is 1. The van der Waals surface area contributed by atoms with Crippen molar-refractivity contribution in [3.05, 3.63) is 34.8 Å². The molecule has 21 heavy (non-hydrogen) atoms. The Morgan fingerprint density at radius 2 is 2.33 bits per heavy atom. The van der Waals surface area contributed by atoms with E-state index in [9.17, 15) is 4.79 Å². The summed E-state index contributed by atoms with van der Waals surface area (Å²) in [5.41, 5.74) is 3.21. The molecular formula is C15H19N3O3. The van der Waals surface area contributed by atoms with Gasteiger partial charge in [-0.3, -0.25) is 9.48 Å². The Bertz CT molecular complexity index is 652. The normalized spacial score (nSPS) is 17.6. The van der Waals surface area contributed by atoms with E-state index in [1.54, 1.807) is 0 Å². The summed E-state index contributed by atoms with van der Waals surface area (Å²) in [7, 11) is 1.44. The van der Waals surface area contributed by atoms with Gasteiger partial charge in [0.15, 0.2) is 0 Å². The fourth-order valence-electron chi connectivity index (χ4n) is 2.83. The van der Waals surface area contributed by atoms with Gasteiger partial charge in [-0.2, -0.15) is 5.10 Å². The van der Waals surface area contributed by atoms with Crippen molar-refractivity contribution in [1.29, 1.82) is 0 Å². The van der Waals surface area contributed by atoms with Crippen molar-refractivity contribution in [2.45, 2.75) is 39.7 Å². The van der Waals surface area contributed by atoms with Gasteiger partial charge in [-0.1, -0.05) is 0 Å². The molecule has 0 fully saturated rings. The van der Waals surface area contributed by atoms with Crippen LogP contribution in [0.15, 0.2) is 10.6 Å². The minimum absolute atomic E-state index is 0.0497. The number of oxazole rings is 1. The zero-order valence-electron chi connectivity index (χ0n) is 12.5. The number of fused-ring (bicyclic) bond motifs is 1. The van der Waals surface area contributed by atoms with E-state index in [0.717, 1.165) is 29.9 Å². The largest absolute Gasteiger partial charge is 0.469 e. The predicted molar refractivity (Wildman–Crippen MR) is 74.8 cm³/mol. The summed E-state index contributed by atoms with van der Waals surface area (Å²) in [4.78, 5) is 16.0. The van der Waals surface area contributed by atoms with Crippen LogP contribution in [0.5, 0.6) is 0 Å². The third kappa shape index (κ3) is 2.57. The van der Waals surface area contributed by atoms with Crippen LogP contribution in [0, 0.1) is 19.8 Å². The summed E-state index contributed by atoms with van der Waals surface area (Å²) < 4.78 is 12.4. The minimum Gasteiger partial charge on any atom is -0.469 e. The van der Waals surface area contributed by atoms with Gasteiger partial charge >= 0.3 is 5.97 Å². The Morgan fingerprint density at radius 1 is 1.52 bits per heavy atom. The topological polar surface area (TPSA) is 70.2 Å². The number of hydrogen-bond acceptors (Lipinski definition) is 5. The van der Waals surface area contributed by atoms with Crippen molar-refractivity contribution in [3.8, 4) is 0 Å². The lowest BCUT2D eigenvalue weighted by atomic mass is 9.88. The van der Waals surface area contributed by atoms with E-state index in [1.165, 1.54) is 12.8 Å². The lowest BCUT2D eigenvalue weighted by Gasteiger charge is -2.20. The zero-order chi connectivity index (χ0) is 15.0. The van der Waals surface area contributed by atoms with E-state index in [1.807, 2.05) is 24.7 Å². The molecule has 2 heterocycles. The van der Waals surface area contributed by atoms with E-state index in [2.05, 4.69) is 10.1 Å². The summed E-state index contributed by atoms with van der Waals surface area (Å²) in [6.45, 7) is 4.38. The van der Waals surface area contributed by atoms with Crippen molar-refractivity contribution in [1.82, 2.24) is 14.8 Å². The number of hydrogen-bond donors (Lipinski definition) is 0. The third-order valence-electron chi connectivity index (χ3n) is 4.12. The van der Waals surface area contributed by atoms with Crippen molar-refractivity contribution in [2.75, 3.05) is 7.11 Å². The lowest BCUT2D eigenvalue weighted by Crippen LogP contribution is -2.24. The summed E-state index contributed by atoms with van der Waals surface area (Å²) in [5.74, 6) is 1.33. The van der Waals surface area contributed by atoms with Crippen molar-refractivity contribution < 1.29 is 13.9 Å². The van der Waals surface area contributed by atoms with Gasteiger partial charge < -0.3 is 9.15 Å². The molecule has 1 aliphatic rings. The van der Waals surface area contributed by atoms with Gasteiger partial charge in [0.2, 0.25) is 5.89 Å². The first kappa shape index (κ1) is 13.9. The highest BCUT2D eigenvalue weighted by Crippen LogP contribution is 2.26. The standard InChI is InChI=1S/C15H19N3O3/c1-9-10(2)21-14(17-9)8-18-13-5-4-11(15(19)20-3)6-12(13)7-16-18/h7,11H,4-6,8H2,1-3H3/t11-/m0/s1. The monoisotopic (exact) mass is 289 g/mol. The van der Waals surface area contributed by atoms with Crippen LogP contribution in [0.25, 0.3) is 0 Å². The molecule has 1 aliphatic carbocycles. The second kappa shape index (κ2) is 5.35. The first-order chi connectivity index (χ1) is 10.1. The molecule has 0 aliphatic heterocycles. The number of carbonyl (C=O) groups is 1. The Hall–Kier alpha value is -2.11. The smallest absolute Gasteiger partial charge is 0.309 e. The molecule has 0 unspecified atom stereocenters. The summed E-state index contributed by atoms with van der Waals surface area (Å²) >= 11 is 0. The average Bonchev–Trinajstić information content (AvgIpc) is 3.02. The third-order valence-corrected chi connectivity index (χ3v) is 4.12. The second-order valence-electron chi connectivity index (χ2n) is 5.49. The maximum absolute atomic E-state index is 11.6. The van der Waals surface area contributed by atoms with Crippen molar-refractivity contribution in [3.63, 3.8) is 0 Å². The van der Waals surface area contributed by atoms with Gasteiger partial charge in [-0.15, -0.1) is 0 Å². The summed E-state index contributed by atoms with van der Waals surface area (Å²) in [6, 6.07) is 0. The number of rotatable bonds is 3. The summed E-state index contributed by atoms with van der Waals surface area (Å²) in [6.07, 6.45) is 4.17. The molecule has 112 valence electrons. The molecular weight excluding hydrogens is 270 g/mol. The van der Waals surface area contributed by atoms with Crippen LogP contribution in [-0.4, -0.2) is 27.8 Å². The van der Waals surface area contributed by atoms with Gasteiger partial charge in [-0.25, -0.2) is 4.98 Å². The lowest BCUT2D eigenvalue weighted by molar-refractivity contribution is -0.145. The fourth-order valence-corrected chi connectivity index (χ4v) is 2.83. The molecule has 2 aromatic rings. The van der Waals surface area contributed by atoms with Crippen LogP contribution in [0.1, 0.15) is 35.0 Å². The molecule has 0 spiro atoms. The number of aryl methyl sites for hydroxylation is 2. The molecule has 2 aromatic heterocycles. The molecule has 0 N–H and O–H groups in total. The number of ether oxygens (including phenoxy) is 1. The predicted octanol–water partition coefficient (Wildman–Crippen LogP) is 1.81. The van der Waals surface area contributed by atoms with Crippen LogP contribution in [0.2, 0.25) is 0 Å². The van der Waals surface area contributed by atoms with Crippen LogP contribution in [0.4, 0.5) is 0 Å². The number of nitrogens with zero attached hydrogens (tertiary/aromatic N) is 3. The van der Waals surface area contributed by atoms with Gasteiger partial charge in [0.1, 0.15) is 12.3 Å². The number of aromatic nitrogens is 3. The first-order valence-corrected chi connectivity index (χ1v) is 7.12. The highest BCUT2D eigenvalue weighted by atomic mass is 16.5. The van der Waals surface area contributed by atoms with E-state index in [0.29, 0.717) is 18.9 Å². The SMILES string of the molecule is COC(=O)[C@H]1CCc2c(cnn2Cc2nc(C)c(C)o2)C1. The molecule has 6 nitrogen and oxygen atoms in total. The molecule has 3 rings (SSSR count). The molecule has 0 saturated heterocycles. The van der Waals surface area contributed by atoms with Crippen LogP contribution in [-0.2, 0) is 28.9 Å². The van der Waals surface area contributed by atoms with E-state index < -0.39 is 0 Å². The van der Waals surface area contributed by atoms with Crippen LogP contribution in [0.3, 0.4) is 0 Å². The second-order valence-corrected chi connectivity index (χ2v) is 5.49. The van der Waals surface area contributed by atoms with Gasteiger partial charge in [0.05, 0.1) is 24.9 Å². The van der Waals surface area contributed by atoms with E-state index in [-0.39, 0.29) is 11.9 Å². The Kier molecular flexibility index (Phi) is 3.53. The Labute approximate surface area is 123 Å². The Balaban J connectivity index is 1.78. The van der Waals surface area contributed by atoms with Gasteiger partial charge in [-0.05, 0) is 38.7 Å². The summed E-state index contributed by atoms with van der Waals surface area (Å²) in [5, 5.41) is 4.42. The molecule has 0 aromatic carbocycles. The number of methoxy groups -OCH3 is 1. The first-order valence-electron chi connectivity index (χ1n) is 7.12. The van der Waals surface area contributed by atoms with Crippen LogP contribution < -0.4 is 0 Å². The molecule has 0 bridgehead atoms. The van der Waals surface area contributed by atoms with Gasteiger partial charge in [0.25, 0.3) is 0 Å². The van der Waals surface area contributed by atoms with E-state index >= 15 is 0 Å². The molecule has 0 amide bonds. The molecule has 1 atom stereocenters. The quantitative estimate of drug-likeness (QED) is 0.806. The van der Waals surface area contributed by atoms with Crippen LogP contribution >= 0.6 is 0 Å². The molecule has 0 saturated carbocycles. The maximum atomic E-state index is 11.6. The van der Waals surface area contributed by atoms with Crippen molar-refractivity contribution in [2.24, 2.45) is 5.92 Å². The highest BCUT2D eigenvalue weighted by Gasteiger charge is 2.28. The molecule has 0 radical (unpaired) electrons. The van der Waals surface area contributed by atoms with E-state index in [4.69, 9.17) is 9.15 Å². The zero-order valence-corrected chi connectivity index (χ0v) is 12.5. The fraction of sp³-hybridized carbons (Fsp3) is 0.533.